The molecule has 0 aliphatic carbocycles. The van der Waals surface area contributed by atoms with E-state index in [9.17, 15) is 19.4 Å². The van der Waals surface area contributed by atoms with Crippen LogP contribution < -0.4 is 5.32 Å². The molecule has 0 heterocycles. The van der Waals surface area contributed by atoms with Crippen LogP contribution in [0.3, 0.4) is 0 Å². The molecule has 0 bridgehead atoms. The van der Waals surface area contributed by atoms with Crippen LogP contribution in [-0.4, -0.2) is 73.4 Å². The number of phosphoric ester groups is 1. The van der Waals surface area contributed by atoms with Crippen molar-refractivity contribution in [3.05, 3.63) is 72.9 Å². The van der Waals surface area contributed by atoms with E-state index in [1.54, 1.807) is 6.08 Å². The Morgan fingerprint density at radius 3 is 1.23 bits per heavy atom. The number of amides is 1. The number of hydrogen-bond donors (Lipinski definition) is 3. The number of likely N-dealkylation sites (N-methyl/N-ethyl adjacent to an activating group) is 1. The topological polar surface area (TPSA) is 105 Å². The maximum absolute atomic E-state index is 12.9. The molecule has 8 nitrogen and oxygen atoms in total. The Bertz CT molecular complexity index is 1420. The number of nitrogens with zero attached hydrogens (tertiary/aromatic N) is 1. The van der Waals surface area contributed by atoms with Gasteiger partial charge in [0.05, 0.1) is 39.9 Å². The Morgan fingerprint density at radius 2 is 0.808 bits per heavy atom. The number of carbonyl (C=O) groups excluding carboxylic acids is 1. The number of hydrogen-bond acceptors (Lipinski definition) is 5. The summed E-state index contributed by atoms with van der Waals surface area (Å²) in [5.74, 6) is -0.190. The molecule has 426 valence electrons. The third-order valence-electron chi connectivity index (χ3n) is 13.6. The van der Waals surface area contributed by atoms with Gasteiger partial charge in [0.1, 0.15) is 13.2 Å². The van der Waals surface area contributed by atoms with Crippen molar-refractivity contribution in [3.63, 3.8) is 0 Å². The molecule has 1 amide bonds. The van der Waals surface area contributed by atoms with E-state index >= 15 is 0 Å². The van der Waals surface area contributed by atoms with E-state index < -0.39 is 20.0 Å². The molecule has 0 aliphatic rings. The van der Waals surface area contributed by atoms with Crippen molar-refractivity contribution in [1.29, 1.82) is 0 Å². The van der Waals surface area contributed by atoms with Crippen molar-refractivity contribution in [2.45, 2.75) is 289 Å². The van der Waals surface area contributed by atoms with E-state index in [1.165, 1.54) is 193 Å². The van der Waals surface area contributed by atoms with Gasteiger partial charge in [-0.15, -0.1) is 0 Å². The lowest BCUT2D eigenvalue weighted by Crippen LogP contribution is -2.45. The first-order valence-electron chi connectivity index (χ1n) is 30.8. The van der Waals surface area contributed by atoms with Gasteiger partial charge in [0, 0.05) is 6.42 Å². The first-order chi connectivity index (χ1) is 35.5. The first-order valence-corrected chi connectivity index (χ1v) is 32.3. The van der Waals surface area contributed by atoms with E-state index in [4.69, 9.17) is 9.05 Å². The van der Waals surface area contributed by atoms with Gasteiger partial charge in [-0.3, -0.25) is 13.8 Å². The average molecular weight is 1040 g/mol. The molecular weight excluding hydrogens is 924 g/mol. The van der Waals surface area contributed by atoms with Gasteiger partial charge < -0.3 is 19.8 Å². The quantitative estimate of drug-likeness (QED) is 0.0243. The van der Waals surface area contributed by atoms with Gasteiger partial charge in [-0.05, 0) is 77.0 Å². The van der Waals surface area contributed by atoms with E-state index in [0.29, 0.717) is 17.4 Å². The molecule has 0 aromatic carbocycles. The second kappa shape index (κ2) is 54.7. The van der Waals surface area contributed by atoms with Gasteiger partial charge in [-0.2, -0.15) is 0 Å². The van der Waals surface area contributed by atoms with Crippen LogP contribution in [-0.2, 0) is 18.4 Å². The number of unbranched alkanes of at least 4 members (excludes halogenated alkanes) is 33. The molecule has 0 rings (SSSR count). The maximum atomic E-state index is 12.9. The fourth-order valence-electron chi connectivity index (χ4n) is 8.77. The van der Waals surface area contributed by atoms with Crippen LogP contribution in [0, 0.1) is 0 Å². The van der Waals surface area contributed by atoms with E-state index in [1.807, 2.05) is 27.2 Å². The number of nitrogens with one attached hydrogen (secondary N) is 1. The number of aliphatic hydroxyl groups excluding tert-OH is 1. The lowest BCUT2D eigenvalue weighted by atomic mass is 10.0. The summed E-state index contributed by atoms with van der Waals surface area (Å²) < 4.78 is 23.6. The Kier molecular flexibility index (Phi) is 53.2. The lowest BCUT2D eigenvalue weighted by molar-refractivity contribution is -0.870. The van der Waals surface area contributed by atoms with Crippen LogP contribution in [0.5, 0.6) is 0 Å². The van der Waals surface area contributed by atoms with Gasteiger partial charge in [-0.25, -0.2) is 4.57 Å². The number of phosphoric acid groups is 1. The maximum Gasteiger partial charge on any atom is 0.472 e. The highest BCUT2D eigenvalue weighted by molar-refractivity contribution is 7.47. The molecular formula is C64H120N2O6P+. The molecule has 3 atom stereocenters. The highest BCUT2D eigenvalue weighted by Gasteiger charge is 2.27. The average Bonchev–Trinajstić information content (AvgIpc) is 3.35. The second-order valence-electron chi connectivity index (χ2n) is 22.1. The summed E-state index contributed by atoms with van der Waals surface area (Å²) in [5.41, 5.74) is 0. The summed E-state index contributed by atoms with van der Waals surface area (Å²) >= 11 is 0. The van der Waals surface area contributed by atoms with Crippen LogP contribution >= 0.6 is 7.82 Å². The molecule has 0 aliphatic heterocycles. The van der Waals surface area contributed by atoms with Crippen LogP contribution in [0.1, 0.15) is 277 Å². The van der Waals surface area contributed by atoms with Gasteiger partial charge in [0.2, 0.25) is 5.91 Å². The molecule has 0 radical (unpaired) electrons. The van der Waals surface area contributed by atoms with Crippen molar-refractivity contribution in [1.82, 2.24) is 5.32 Å². The minimum absolute atomic E-state index is 0.0527. The van der Waals surface area contributed by atoms with Crippen LogP contribution in [0.4, 0.5) is 0 Å². The van der Waals surface area contributed by atoms with Crippen molar-refractivity contribution < 1.29 is 32.9 Å². The molecule has 0 spiro atoms. The summed E-state index contributed by atoms with van der Waals surface area (Å²) in [7, 11) is 1.55. The molecule has 9 heteroatoms. The fourth-order valence-corrected chi connectivity index (χ4v) is 9.51. The third-order valence-corrected chi connectivity index (χ3v) is 14.6. The molecule has 3 unspecified atom stereocenters. The normalized spacial score (nSPS) is 14.3. The Labute approximate surface area is 453 Å². The zero-order chi connectivity index (χ0) is 53.5. The van der Waals surface area contributed by atoms with E-state index in [-0.39, 0.29) is 19.1 Å². The first kappa shape index (κ1) is 70.9. The summed E-state index contributed by atoms with van der Waals surface area (Å²) in [4.78, 5) is 23.2. The number of rotatable bonds is 56. The highest BCUT2D eigenvalue weighted by atomic mass is 31.2. The standard InChI is InChI=1S/C64H119N2O6P/c1-6-8-10-12-14-16-18-20-21-22-23-24-25-26-27-28-29-30-31-32-33-34-35-36-37-38-39-40-41-42-43-44-45-46-48-50-52-54-56-58-64(68)65-62(61-72-73(69,70)71-60-59-66(3,4)5)63(67)57-55-53-51-49-47-19-17-15-13-11-9-7-2/h13,15,18,20,22-23,25-26,47,49,55,57,62-63,67H,6-12,14,16-17,19,21,24,27-46,48,50-54,56,58-61H2,1-5H3,(H-,65,68,69,70)/p+1/b15-13+,20-18-,23-22-,26-25-,49-47+,57-55+. The second-order valence-corrected chi connectivity index (χ2v) is 23.5. The van der Waals surface area contributed by atoms with Gasteiger partial charge >= 0.3 is 7.82 Å². The van der Waals surface area contributed by atoms with Crippen molar-refractivity contribution in [3.8, 4) is 0 Å². The monoisotopic (exact) mass is 1040 g/mol. The summed E-state index contributed by atoms with van der Waals surface area (Å²) in [6.45, 7) is 4.73. The number of allylic oxidation sites excluding steroid dienone is 11. The zero-order valence-electron chi connectivity index (χ0n) is 48.6. The van der Waals surface area contributed by atoms with E-state index in [0.717, 1.165) is 64.2 Å². The van der Waals surface area contributed by atoms with Gasteiger partial charge in [-0.1, -0.05) is 267 Å². The Morgan fingerprint density at radius 1 is 0.466 bits per heavy atom. The summed E-state index contributed by atoms with van der Waals surface area (Å²) in [5, 5.41) is 13.8. The summed E-state index contributed by atoms with van der Waals surface area (Å²) in [6, 6.07) is -0.869. The predicted octanol–water partition coefficient (Wildman–Crippen LogP) is 19.0. The molecule has 73 heavy (non-hydrogen) atoms. The minimum atomic E-state index is -4.35. The van der Waals surface area contributed by atoms with Crippen molar-refractivity contribution in [2.75, 3.05) is 40.9 Å². The Hall–Kier alpha value is -2.06. The molecule has 0 saturated carbocycles. The van der Waals surface area contributed by atoms with Crippen molar-refractivity contribution >= 4 is 13.7 Å². The van der Waals surface area contributed by atoms with Crippen molar-refractivity contribution in [2.24, 2.45) is 0 Å². The smallest absolute Gasteiger partial charge is 0.387 e. The fraction of sp³-hybridized carbons (Fsp3) is 0.797. The zero-order valence-corrected chi connectivity index (χ0v) is 49.5. The summed E-state index contributed by atoms with van der Waals surface area (Å²) in [6.07, 6.45) is 76.2. The molecule has 0 saturated heterocycles. The van der Waals surface area contributed by atoms with Crippen LogP contribution in [0.15, 0.2) is 72.9 Å². The number of carbonyl (C=O) groups is 1. The van der Waals surface area contributed by atoms with Gasteiger partial charge in [0.15, 0.2) is 0 Å². The molecule has 3 N–H and O–H groups in total. The third kappa shape index (κ3) is 57.5. The molecule has 0 aromatic heterocycles. The van der Waals surface area contributed by atoms with Crippen LogP contribution in [0.25, 0.3) is 0 Å². The minimum Gasteiger partial charge on any atom is -0.387 e. The molecule has 0 fully saturated rings. The largest absolute Gasteiger partial charge is 0.472 e. The number of aliphatic hydroxyl groups is 1. The SMILES string of the molecule is CCCC/C=C/CC/C=C/CC/C=C/C(O)C(COP(=O)(O)OCC[N+](C)(C)C)NC(=O)CCCCCCCCCCCCCCCCCCCCCCCCCC/C=C\C/C=C\C/C=C\CCCCCCC. The lowest BCUT2D eigenvalue weighted by Gasteiger charge is -2.25. The Balaban J connectivity index is 3.89. The van der Waals surface area contributed by atoms with E-state index in [2.05, 4.69) is 79.9 Å². The number of quaternary nitrogens is 1. The van der Waals surface area contributed by atoms with Crippen LogP contribution in [0.2, 0.25) is 0 Å². The van der Waals surface area contributed by atoms with Gasteiger partial charge in [0.25, 0.3) is 0 Å². The highest BCUT2D eigenvalue weighted by Crippen LogP contribution is 2.43. The molecule has 0 aromatic rings. The predicted molar refractivity (Wildman–Crippen MR) is 318 cm³/mol.